The van der Waals surface area contributed by atoms with Crippen molar-refractivity contribution < 1.29 is 0 Å². The van der Waals surface area contributed by atoms with E-state index >= 15 is 0 Å². The molecule has 2 N–H and O–H groups in total. The van der Waals surface area contributed by atoms with Gasteiger partial charge in [-0.15, -0.1) is 0 Å². The molecule has 1 aliphatic rings. The van der Waals surface area contributed by atoms with E-state index in [1.54, 1.807) is 6.33 Å². The number of halogens is 1. The van der Waals surface area contributed by atoms with Crippen LogP contribution in [0.2, 0.25) is 0 Å². The molecule has 100 valence electrons. The van der Waals surface area contributed by atoms with Crippen molar-refractivity contribution in [1.29, 1.82) is 0 Å². The number of hydrogen-bond acceptors (Lipinski definition) is 4. The van der Waals surface area contributed by atoms with Gasteiger partial charge in [0.1, 0.15) is 22.4 Å². The molecular weight excluding hydrogens is 292 g/mol. The standard InChI is InChI=1S/C13H21BrN4/c1-4-15-11-10(14)12(17-8-16-11)18-9-5-6-13(2,3)7-9/h8-9H,4-7H2,1-3H3,(H2,15,16,17,18). The molecule has 5 heteroatoms. The van der Waals surface area contributed by atoms with Crippen LogP contribution in [0.3, 0.4) is 0 Å². The second kappa shape index (κ2) is 5.43. The predicted molar refractivity (Wildman–Crippen MR) is 78.9 cm³/mol. The Morgan fingerprint density at radius 1 is 1.39 bits per heavy atom. The molecule has 1 aliphatic carbocycles. The molecule has 1 atom stereocenters. The third-order valence-corrected chi connectivity index (χ3v) is 4.19. The number of aromatic nitrogens is 2. The SMILES string of the molecule is CCNc1ncnc(NC2CCC(C)(C)C2)c1Br. The molecule has 1 aromatic rings. The van der Waals surface area contributed by atoms with Crippen LogP contribution in [0, 0.1) is 5.41 Å². The number of rotatable bonds is 4. The van der Waals surface area contributed by atoms with E-state index in [-0.39, 0.29) is 0 Å². The first-order valence-electron chi connectivity index (χ1n) is 6.53. The molecule has 1 heterocycles. The Morgan fingerprint density at radius 3 is 2.72 bits per heavy atom. The Labute approximate surface area is 117 Å². The summed E-state index contributed by atoms with van der Waals surface area (Å²) in [5, 5.41) is 6.74. The summed E-state index contributed by atoms with van der Waals surface area (Å²) in [4.78, 5) is 8.55. The van der Waals surface area contributed by atoms with Gasteiger partial charge in [0.05, 0.1) is 0 Å². The first kappa shape index (κ1) is 13.6. The minimum atomic E-state index is 0.446. The van der Waals surface area contributed by atoms with E-state index in [0.29, 0.717) is 11.5 Å². The Bertz CT molecular complexity index is 419. The van der Waals surface area contributed by atoms with Gasteiger partial charge in [-0.3, -0.25) is 0 Å². The molecule has 0 aromatic carbocycles. The highest BCUT2D eigenvalue weighted by molar-refractivity contribution is 9.10. The summed E-state index contributed by atoms with van der Waals surface area (Å²) in [6.45, 7) is 7.56. The zero-order valence-corrected chi connectivity index (χ0v) is 12.8. The zero-order valence-electron chi connectivity index (χ0n) is 11.3. The van der Waals surface area contributed by atoms with Crippen molar-refractivity contribution in [3.63, 3.8) is 0 Å². The van der Waals surface area contributed by atoms with Crippen molar-refractivity contribution in [2.45, 2.75) is 46.1 Å². The van der Waals surface area contributed by atoms with Crippen LogP contribution in [0.4, 0.5) is 11.6 Å². The van der Waals surface area contributed by atoms with Crippen molar-refractivity contribution in [1.82, 2.24) is 9.97 Å². The van der Waals surface area contributed by atoms with Crippen molar-refractivity contribution >= 4 is 27.6 Å². The summed E-state index contributed by atoms with van der Waals surface area (Å²) in [6.07, 6.45) is 5.28. The molecule has 0 bridgehead atoms. The summed E-state index contributed by atoms with van der Waals surface area (Å²) in [5.74, 6) is 1.75. The van der Waals surface area contributed by atoms with Crippen LogP contribution in [0.1, 0.15) is 40.0 Å². The normalized spacial score (nSPS) is 21.9. The van der Waals surface area contributed by atoms with Gasteiger partial charge in [0.25, 0.3) is 0 Å². The fraction of sp³-hybridized carbons (Fsp3) is 0.692. The Morgan fingerprint density at radius 2 is 2.11 bits per heavy atom. The van der Waals surface area contributed by atoms with E-state index in [9.17, 15) is 0 Å². The van der Waals surface area contributed by atoms with Crippen LogP contribution in [0.5, 0.6) is 0 Å². The Kier molecular flexibility index (Phi) is 4.10. The number of nitrogens with one attached hydrogen (secondary N) is 2. The van der Waals surface area contributed by atoms with E-state index in [1.165, 1.54) is 19.3 Å². The summed E-state index contributed by atoms with van der Waals surface area (Å²) in [6, 6.07) is 0.515. The Balaban J connectivity index is 2.08. The summed E-state index contributed by atoms with van der Waals surface area (Å²) >= 11 is 3.57. The summed E-state index contributed by atoms with van der Waals surface area (Å²) in [5.41, 5.74) is 0.446. The maximum absolute atomic E-state index is 4.32. The van der Waals surface area contributed by atoms with Gasteiger partial charge in [0, 0.05) is 12.6 Å². The number of hydrogen-bond donors (Lipinski definition) is 2. The van der Waals surface area contributed by atoms with E-state index in [4.69, 9.17) is 0 Å². The Hall–Kier alpha value is -0.840. The van der Waals surface area contributed by atoms with E-state index in [0.717, 1.165) is 22.7 Å². The monoisotopic (exact) mass is 312 g/mol. The average molecular weight is 313 g/mol. The average Bonchev–Trinajstić information content (AvgIpc) is 2.64. The van der Waals surface area contributed by atoms with Gasteiger partial charge < -0.3 is 10.6 Å². The lowest BCUT2D eigenvalue weighted by Gasteiger charge is -2.19. The molecule has 4 nitrogen and oxygen atoms in total. The molecule has 0 spiro atoms. The van der Waals surface area contributed by atoms with Crippen molar-refractivity contribution in [2.24, 2.45) is 5.41 Å². The third kappa shape index (κ3) is 3.13. The van der Waals surface area contributed by atoms with Crippen LogP contribution in [-0.4, -0.2) is 22.6 Å². The molecule has 1 aromatic heterocycles. The van der Waals surface area contributed by atoms with Crippen molar-refractivity contribution in [3.8, 4) is 0 Å². The fourth-order valence-electron chi connectivity index (χ4n) is 2.51. The maximum Gasteiger partial charge on any atom is 0.146 e. The van der Waals surface area contributed by atoms with E-state index in [1.807, 2.05) is 0 Å². The highest BCUT2D eigenvalue weighted by Crippen LogP contribution is 2.39. The molecule has 1 fully saturated rings. The van der Waals surface area contributed by atoms with Crippen LogP contribution in [0.15, 0.2) is 10.8 Å². The smallest absolute Gasteiger partial charge is 0.146 e. The highest BCUT2D eigenvalue weighted by atomic mass is 79.9. The first-order valence-corrected chi connectivity index (χ1v) is 7.32. The maximum atomic E-state index is 4.32. The van der Waals surface area contributed by atoms with Gasteiger partial charge >= 0.3 is 0 Å². The predicted octanol–water partition coefficient (Wildman–Crippen LogP) is 3.66. The minimum absolute atomic E-state index is 0.446. The van der Waals surface area contributed by atoms with E-state index < -0.39 is 0 Å². The molecule has 0 saturated heterocycles. The summed E-state index contributed by atoms with van der Waals surface area (Å²) < 4.78 is 0.927. The lowest BCUT2D eigenvalue weighted by atomic mass is 9.92. The van der Waals surface area contributed by atoms with Crippen LogP contribution in [0.25, 0.3) is 0 Å². The highest BCUT2D eigenvalue weighted by Gasteiger charge is 2.31. The molecular formula is C13H21BrN4. The van der Waals surface area contributed by atoms with Crippen LogP contribution < -0.4 is 10.6 Å². The van der Waals surface area contributed by atoms with Crippen LogP contribution >= 0.6 is 15.9 Å². The minimum Gasteiger partial charge on any atom is -0.369 e. The molecule has 2 rings (SSSR count). The topological polar surface area (TPSA) is 49.8 Å². The van der Waals surface area contributed by atoms with E-state index in [2.05, 4.69) is 57.3 Å². The van der Waals surface area contributed by atoms with Gasteiger partial charge in [-0.05, 0) is 47.5 Å². The third-order valence-electron chi connectivity index (χ3n) is 3.44. The van der Waals surface area contributed by atoms with Crippen molar-refractivity contribution in [3.05, 3.63) is 10.8 Å². The lowest BCUT2D eigenvalue weighted by Crippen LogP contribution is -2.19. The van der Waals surface area contributed by atoms with Gasteiger partial charge in [-0.1, -0.05) is 13.8 Å². The first-order chi connectivity index (χ1) is 8.52. The lowest BCUT2D eigenvalue weighted by molar-refractivity contribution is 0.378. The molecule has 0 amide bonds. The van der Waals surface area contributed by atoms with Crippen molar-refractivity contribution in [2.75, 3.05) is 17.2 Å². The molecule has 1 unspecified atom stereocenters. The van der Waals surface area contributed by atoms with Gasteiger partial charge in [0.2, 0.25) is 0 Å². The zero-order chi connectivity index (χ0) is 13.2. The fourth-order valence-corrected chi connectivity index (χ4v) is 2.97. The number of nitrogens with zero attached hydrogens (tertiary/aromatic N) is 2. The molecule has 0 radical (unpaired) electrons. The molecule has 0 aliphatic heterocycles. The largest absolute Gasteiger partial charge is 0.369 e. The van der Waals surface area contributed by atoms with Gasteiger partial charge in [-0.2, -0.15) is 0 Å². The molecule has 18 heavy (non-hydrogen) atoms. The number of anilines is 2. The molecule has 1 saturated carbocycles. The quantitative estimate of drug-likeness (QED) is 0.890. The second-order valence-corrected chi connectivity index (χ2v) is 6.46. The summed E-state index contributed by atoms with van der Waals surface area (Å²) in [7, 11) is 0. The van der Waals surface area contributed by atoms with Gasteiger partial charge in [0.15, 0.2) is 0 Å². The van der Waals surface area contributed by atoms with Crippen LogP contribution in [-0.2, 0) is 0 Å². The van der Waals surface area contributed by atoms with Gasteiger partial charge in [-0.25, -0.2) is 9.97 Å². The second-order valence-electron chi connectivity index (χ2n) is 5.66.